The van der Waals surface area contributed by atoms with Crippen molar-refractivity contribution >= 4 is 29.7 Å². The van der Waals surface area contributed by atoms with E-state index in [4.69, 9.17) is 10.5 Å². The fourth-order valence-electron chi connectivity index (χ4n) is 2.59. The zero-order valence-electron chi connectivity index (χ0n) is 15.5. The van der Waals surface area contributed by atoms with Gasteiger partial charge in [0.05, 0.1) is 12.6 Å². The smallest absolute Gasteiger partial charge is 0.271 e. The van der Waals surface area contributed by atoms with Crippen LogP contribution in [0.5, 0.6) is 5.75 Å². The Morgan fingerprint density at radius 2 is 2.08 bits per heavy atom. The van der Waals surface area contributed by atoms with Crippen molar-refractivity contribution in [1.29, 1.82) is 0 Å². The summed E-state index contributed by atoms with van der Waals surface area (Å²) in [5, 5.41) is 5.63. The normalized spacial score (nSPS) is 11.7. The van der Waals surface area contributed by atoms with Crippen LogP contribution < -0.4 is 15.8 Å². The highest BCUT2D eigenvalue weighted by Crippen LogP contribution is 2.30. The molecular weight excluding hydrogens is 370 g/mol. The molecule has 0 aliphatic carbocycles. The maximum atomic E-state index is 12.6. The average Bonchev–Trinajstić information content (AvgIpc) is 3.08. The Morgan fingerprint density at radius 1 is 1.35 bits per heavy atom. The lowest BCUT2D eigenvalue weighted by Crippen LogP contribution is -2.30. The minimum atomic E-state index is -0.174. The summed E-state index contributed by atoms with van der Waals surface area (Å²) >= 11 is 1.41. The minimum absolute atomic E-state index is 0. The lowest BCUT2D eigenvalue weighted by Gasteiger charge is -2.23. The van der Waals surface area contributed by atoms with Crippen LogP contribution in [0.15, 0.2) is 29.6 Å². The molecule has 5 nitrogen and oxygen atoms in total. The number of benzene rings is 1. The summed E-state index contributed by atoms with van der Waals surface area (Å²) in [4.78, 5) is 16.9. The Bertz CT molecular complexity index is 691. The van der Waals surface area contributed by atoms with E-state index < -0.39 is 0 Å². The molecule has 0 radical (unpaired) electrons. The van der Waals surface area contributed by atoms with Crippen LogP contribution in [0.4, 0.5) is 0 Å². The number of para-hydroxylation sites is 1. The van der Waals surface area contributed by atoms with Crippen LogP contribution in [0, 0.1) is 5.92 Å². The molecule has 2 rings (SSSR count). The molecule has 26 heavy (non-hydrogen) atoms. The number of hydrogen-bond donors (Lipinski definition) is 2. The number of hydrogen-bond acceptors (Lipinski definition) is 5. The van der Waals surface area contributed by atoms with Crippen molar-refractivity contribution in [2.24, 2.45) is 11.7 Å². The van der Waals surface area contributed by atoms with Crippen LogP contribution >= 0.6 is 23.7 Å². The van der Waals surface area contributed by atoms with E-state index in [1.807, 2.05) is 24.3 Å². The summed E-state index contributed by atoms with van der Waals surface area (Å²) in [5.74, 6) is 1.09. The molecule has 0 fully saturated rings. The van der Waals surface area contributed by atoms with Crippen molar-refractivity contribution in [2.75, 3.05) is 6.61 Å². The van der Waals surface area contributed by atoms with E-state index in [2.05, 4.69) is 31.1 Å². The summed E-state index contributed by atoms with van der Waals surface area (Å²) in [6.07, 6.45) is 1.77. The number of carbonyl (C=O) groups excluding carboxylic acids is 1. The molecule has 1 atom stereocenters. The Morgan fingerprint density at radius 3 is 2.69 bits per heavy atom. The van der Waals surface area contributed by atoms with Crippen LogP contribution in [-0.4, -0.2) is 17.5 Å². The predicted octanol–water partition coefficient (Wildman–Crippen LogP) is 4.33. The molecule has 1 aromatic carbocycles. The summed E-state index contributed by atoms with van der Waals surface area (Å²) in [7, 11) is 0. The van der Waals surface area contributed by atoms with Gasteiger partial charge in [0.2, 0.25) is 0 Å². The monoisotopic (exact) mass is 397 g/mol. The first-order chi connectivity index (χ1) is 12.0. The van der Waals surface area contributed by atoms with Gasteiger partial charge in [0.1, 0.15) is 16.5 Å². The summed E-state index contributed by atoms with van der Waals surface area (Å²) < 4.78 is 5.88. The van der Waals surface area contributed by atoms with E-state index in [1.165, 1.54) is 11.3 Å². The van der Waals surface area contributed by atoms with Gasteiger partial charge in [0.25, 0.3) is 5.91 Å². The number of carbonyl (C=O) groups is 1. The van der Waals surface area contributed by atoms with Crippen molar-refractivity contribution in [3.63, 3.8) is 0 Å². The number of nitrogens with one attached hydrogen (secondary N) is 1. The highest BCUT2D eigenvalue weighted by atomic mass is 35.5. The second-order valence-electron chi connectivity index (χ2n) is 6.37. The standard InChI is InChI=1S/C19H27N3O2S.ClH/c1-4-9-24-17-8-6-5-7-14(17)15(10-13(2)3)22-19(23)16-12-25-18(11-20)21-16;/h5-8,12-13,15H,4,9-11,20H2,1-3H3,(H,22,23);1H. The van der Waals surface area contributed by atoms with Gasteiger partial charge < -0.3 is 15.8 Å². The number of aromatic nitrogens is 1. The molecule has 3 N–H and O–H groups in total. The Labute approximate surface area is 165 Å². The van der Waals surface area contributed by atoms with Crippen molar-refractivity contribution in [3.8, 4) is 5.75 Å². The van der Waals surface area contributed by atoms with Crippen molar-refractivity contribution in [3.05, 3.63) is 45.9 Å². The lowest BCUT2D eigenvalue weighted by molar-refractivity contribution is 0.0926. The molecule has 1 amide bonds. The van der Waals surface area contributed by atoms with Gasteiger partial charge in [-0.15, -0.1) is 23.7 Å². The number of nitrogens with two attached hydrogens (primary N) is 1. The molecule has 0 spiro atoms. The number of halogens is 1. The minimum Gasteiger partial charge on any atom is -0.493 e. The van der Waals surface area contributed by atoms with Crippen LogP contribution in [0.1, 0.15) is 60.7 Å². The van der Waals surface area contributed by atoms with Crippen LogP contribution in [0.2, 0.25) is 0 Å². The fourth-order valence-corrected chi connectivity index (χ4v) is 3.24. The highest BCUT2D eigenvalue weighted by molar-refractivity contribution is 7.09. The van der Waals surface area contributed by atoms with E-state index in [1.54, 1.807) is 5.38 Å². The lowest BCUT2D eigenvalue weighted by atomic mass is 9.96. The van der Waals surface area contributed by atoms with Gasteiger partial charge >= 0.3 is 0 Å². The van der Waals surface area contributed by atoms with Crippen LogP contribution in [-0.2, 0) is 6.54 Å². The molecule has 144 valence electrons. The molecule has 0 bridgehead atoms. The number of amides is 1. The summed E-state index contributed by atoms with van der Waals surface area (Å²) in [6.45, 7) is 7.37. The molecule has 0 saturated heterocycles. The topological polar surface area (TPSA) is 77.2 Å². The molecule has 0 aliphatic rings. The Balaban J connectivity index is 0.00000338. The van der Waals surface area contributed by atoms with Crippen molar-refractivity contribution in [2.45, 2.75) is 46.2 Å². The first kappa shape index (κ1) is 22.4. The molecule has 0 saturated carbocycles. The third-order valence-corrected chi connectivity index (χ3v) is 4.60. The van der Waals surface area contributed by atoms with Gasteiger partial charge in [0, 0.05) is 17.5 Å². The van der Waals surface area contributed by atoms with Gasteiger partial charge in [-0.05, 0) is 24.8 Å². The quantitative estimate of drug-likeness (QED) is 0.660. The highest BCUT2D eigenvalue weighted by Gasteiger charge is 2.21. The third kappa shape index (κ3) is 6.27. The zero-order chi connectivity index (χ0) is 18.2. The maximum absolute atomic E-state index is 12.6. The van der Waals surface area contributed by atoms with Gasteiger partial charge in [-0.2, -0.15) is 0 Å². The van der Waals surface area contributed by atoms with Gasteiger partial charge in [-0.3, -0.25) is 4.79 Å². The average molecular weight is 398 g/mol. The van der Waals surface area contributed by atoms with Crippen molar-refractivity contribution < 1.29 is 9.53 Å². The first-order valence-corrected chi connectivity index (χ1v) is 9.60. The van der Waals surface area contributed by atoms with Gasteiger partial charge in [0.15, 0.2) is 0 Å². The zero-order valence-corrected chi connectivity index (χ0v) is 17.2. The van der Waals surface area contributed by atoms with Gasteiger partial charge in [-0.25, -0.2) is 4.98 Å². The second-order valence-corrected chi connectivity index (χ2v) is 7.32. The Kier molecular flexibility index (Phi) is 9.62. The second kappa shape index (κ2) is 11.2. The first-order valence-electron chi connectivity index (χ1n) is 8.72. The number of rotatable bonds is 9. The van der Waals surface area contributed by atoms with E-state index in [-0.39, 0.29) is 24.4 Å². The molecule has 0 aliphatic heterocycles. The van der Waals surface area contributed by atoms with E-state index in [9.17, 15) is 4.79 Å². The molecule has 2 aromatic rings. The molecular formula is C19H28ClN3O2S. The van der Waals surface area contributed by atoms with Gasteiger partial charge in [-0.1, -0.05) is 39.0 Å². The largest absolute Gasteiger partial charge is 0.493 e. The number of nitrogens with zero attached hydrogens (tertiary/aromatic N) is 1. The summed E-state index contributed by atoms with van der Waals surface area (Å²) in [5.41, 5.74) is 7.02. The van der Waals surface area contributed by atoms with E-state index >= 15 is 0 Å². The fraction of sp³-hybridized carbons (Fsp3) is 0.474. The number of thiazole rings is 1. The number of ether oxygens (including phenoxy) is 1. The maximum Gasteiger partial charge on any atom is 0.271 e. The third-order valence-electron chi connectivity index (χ3n) is 3.73. The SMILES string of the molecule is CCCOc1ccccc1C(CC(C)C)NC(=O)c1csc(CN)n1.Cl. The van der Waals surface area contributed by atoms with Crippen molar-refractivity contribution in [1.82, 2.24) is 10.3 Å². The predicted molar refractivity (Wildman–Crippen MR) is 109 cm³/mol. The Hall–Kier alpha value is -1.63. The summed E-state index contributed by atoms with van der Waals surface area (Å²) in [6, 6.07) is 7.79. The van der Waals surface area contributed by atoms with Crippen LogP contribution in [0.25, 0.3) is 0 Å². The van der Waals surface area contributed by atoms with Crippen LogP contribution in [0.3, 0.4) is 0 Å². The molecule has 1 unspecified atom stereocenters. The van der Waals surface area contributed by atoms with E-state index in [0.717, 1.165) is 29.2 Å². The molecule has 7 heteroatoms. The van der Waals surface area contributed by atoms with E-state index in [0.29, 0.717) is 24.8 Å². The molecule has 1 heterocycles. The molecule has 1 aromatic heterocycles.